The molecule has 25 heavy (non-hydrogen) atoms. The zero-order chi connectivity index (χ0) is 18.2. The molecule has 0 saturated heterocycles. The van der Waals surface area contributed by atoms with Crippen molar-refractivity contribution >= 4 is 11.9 Å². The van der Waals surface area contributed by atoms with Gasteiger partial charge in [0.1, 0.15) is 0 Å². The molecule has 5 heteroatoms. The maximum Gasteiger partial charge on any atom is 0.315 e. The Morgan fingerprint density at radius 3 is 2.44 bits per heavy atom. The number of hydrogen-bond acceptors (Lipinski definition) is 2. The lowest BCUT2D eigenvalue weighted by molar-refractivity contribution is -0.120. The molecule has 0 heterocycles. The molecule has 0 aliphatic rings. The number of carbonyl (C=O) groups is 2. The number of amides is 3. The van der Waals surface area contributed by atoms with Crippen LogP contribution in [0.5, 0.6) is 0 Å². The SMILES string of the molecule is Cc1ccc(C)c([C@@H](C)NC(=O)CNC(=O)NCc2ccccc2)c1. The molecular formula is C20H25N3O2. The first-order valence-corrected chi connectivity index (χ1v) is 8.38. The molecule has 0 aromatic heterocycles. The fourth-order valence-corrected chi connectivity index (χ4v) is 2.60. The predicted octanol–water partition coefficient (Wildman–Crippen LogP) is 2.98. The molecule has 0 fully saturated rings. The van der Waals surface area contributed by atoms with Gasteiger partial charge in [0.2, 0.25) is 5.91 Å². The molecule has 0 radical (unpaired) electrons. The highest BCUT2D eigenvalue weighted by molar-refractivity contribution is 5.84. The van der Waals surface area contributed by atoms with E-state index in [0.717, 1.165) is 22.3 Å². The molecule has 0 bridgehead atoms. The van der Waals surface area contributed by atoms with Crippen LogP contribution in [0.1, 0.15) is 35.2 Å². The molecule has 0 aliphatic carbocycles. The standard InChI is InChI=1S/C20H25N3O2/c1-14-9-10-15(2)18(11-14)16(3)23-19(24)13-22-20(25)21-12-17-7-5-4-6-8-17/h4-11,16H,12-13H2,1-3H3,(H,23,24)(H2,21,22,25)/t16-/m1/s1. The first-order chi connectivity index (χ1) is 12.0. The molecule has 2 aromatic rings. The second-order valence-electron chi connectivity index (χ2n) is 6.17. The van der Waals surface area contributed by atoms with Gasteiger partial charge in [0.15, 0.2) is 0 Å². The largest absolute Gasteiger partial charge is 0.348 e. The van der Waals surface area contributed by atoms with Gasteiger partial charge in [-0.15, -0.1) is 0 Å². The molecule has 3 N–H and O–H groups in total. The Morgan fingerprint density at radius 1 is 1.00 bits per heavy atom. The Morgan fingerprint density at radius 2 is 1.72 bits per heavy atom. The number of nitrogens with one attached hydrogen (secondary N) is 3. The van der Waals surface area contributed by atoms with Gasteiger partial charge in [-0.2, -0.15) is 0 Å². The van der Waals surface area contributed by atoms with Crippen molar-refractivity contribution in [3.05, 3.63) is 70.8 Å². The van der Waals surface area contributed by atoms with Crippen molar-refractivity contribution in [3.63, 3.8) is 0 Å². The van der Waals surface area contributed by atoms with Crippen molar-refractivity contribution in [2.75, 3.05) is 6.54 Å². The van der Waals surface area contributed by atoms with Crippen LogP contribution >= 0.6 is 0 Å². The van der Waals surface area contributed by atoms with Crippen LogP contribution in [0.25, 0.3) is 0 Å². The number of carbonyl (C=O) groups excluding carboxylic acids is 2. The summed E-state index contributed by atoms with van der Waals surface area (Å²) in [5, 5.41) is 8.21. The minimum Gasteiger partial charge on any atom is -0.348 e. The lowest BCUT2D eigenvalue weighted by Gasteiger charge is -2.17. The smallest absolute Gasteiger partial charge is 0.315 e. The summed E-state index contributed by atoms with van der Waals surface area (Å²) in [6.45, 7) is 6.35. The summed E-state index contributed by atoms with van der Waals surface area (Å²) >= 11 is 0. The summed E-state index contributed by atoms with van der Waals surface area (Å²) in [7, 11) is 0. The van der Waals surface area contributed by atoms with Crippen LogP contribution in [0.15, 0.2) is 48.5 Å². The highest BCUT2D eigenvalue weighted by atomic mass is 16.2. The number of hydrogen-bond donors (Lipinski definition) is 3. The van der Waals surface area contributed by atoms with E-state index in [0.29, 0.717) is 6.54 Å². The van der Waals surface area contributed by atoms with Crippen LogP contribution < -0.4 is 16.0 Å². The highest BCUT2D eigenvalue weighted by Gasteiger charge is 2.12. The van der Waals surface area contributed by atoms with Crippen molar-refractivity contribution in [1.82, 2.24) is 16.0 Å². The summed E-state index contributed by atoms with van der Waals surface area (Å²) in [5.74, 6) is -0.219. The lowest BCUT2D eigenvalue weighted by Crippen LogP contribution is -2.42. The van der Waals surface area contributed by atoms with Gasteiger partial charge in [-0.3, -0.25) is 4.79 Å². The number of benzene rings is 2. The van der Waals surface area contributed by atoms with Gasteiger partial charge in [-0.05, 0) is 37.5 Å². The number of urea groups is 1. The fourth-order valence-electron chi connectivity index (χ4n) is 2.60. The Kier molecular flexibility index (Phi) is 6.57. The molecule has 132 valence electrons. The van der Waals surface area contributed by atoms with Crippen LogP contribution in [0.3, 0.4) is 0 Å². The molecule has 0 aliphatic heterocycles. The quantitative estimate of drug-likeness (QED) is 0.757. The topological polar surface area (TPSA) is 70.2 Å². The van der Waals surface area contributed by atoms with E-state index in [4.69, 9.17) is 0 Å². The molecule has 3 amide bonds. The second kappa shape index (κ2) is 8.87. The van der Waals surface area contributed by atoms with E-state index in [9.17, 15) is 9.59 Å². The first kappa shape index (κ1) is 18.5. The molecule has 5 nitrogen and oxygen atoms in total. The van der Waals surface area contributed by atoms with Crippen LogP contribution in [0.2, 0.25) is 0 Å². The normalized spacial score (nSPS) is 11.5. The monoisotopic (exact) mass is 339 g/mol. The van der Waals surface area contributed by atoms with E-state index in [1.807, 2.05) is 63.2 Å². The number of aryl methyl sites for hydroxylation is 2. The third-order valence-corrected chi connectivity index (χ3v) is 3.98. The summed E-state index contributed by atoms with van der Waals surface area (Å²) in [6, 6.07) is 15.3. The van der Waals surface area contributed by atoms with E-state index < -0.39 is 0 Å². The third-order valence-electron chi connectivity index (χ3n) is 3.98. The molecule has 2 rings (SSSR count). The van der Waals surface area contributed by atoms with Crippen molar-refractivity contribution in [1.29, 1.82) is 0 Å². The summed E-state index contributed by atoms with van der Waals surface area (Å²) in [6.07, 6.45) is 0. The van der Waals surface area contributed by atoms with Gasteiger partial charge < -0.3 is 16.0 Å². The minimum atomic E-state index is -0.363. The third kappa shape index (κ3) is 5.95. The van der Waals surface area contributed by atoms with E-state index >= 15 is 0 Å². The number of rotatable bonds is 6. The van der Waals surface area contributed by atoms with Crippen molar-refractivity contribution in [2.45, 2.75) is 33.4 Å². The first-order valence-electron chi connectivity index (χ1n) is 8.38. The van der Waals surface area contributed by atoms with Gasteiger partial charge >= 0.3 is 6.03 Å². The van der Waals surface area contributed by atoms with E-state index in [1.165, 1.54) is 0 Å². The van der Waals surface area contributed by atoms with Crippen molar-refractivity contribution < 1.29 is 9.59 Å². The van der Waals surface area contributed by atoms with Crippen molar-refractivity contribution in [2.24, 2.45) is 0 Å². The Balaban J connectivity index is 1.76. The second-order valence-corrected chi connectivity index (χ2v) is 6.17. The van der Waals surface area contributed by atoms with Gasteiger partial charge in [0.05, 0.1) is 12.6 Å². The van der Waals surface area contributed by atoms with Gasteiger partial charge in [0, 0.05) is 6.54 Å². The van der Waals surface area contributed by atoms with Gasteiger partial charge in [-0.25, -0.2) is 4.79 Å². The fraction of sp³-hybridized carbons (Fsp3) is 0.300. The van der Waals surface area contributed by atoms with Crippen LogP contribution in [-0.2, 0) is 11.3 Å². The maximum atomic E-state index is 12.0. The summed E-state index contributed by atoms with van der Waals surface area (Å²) < 4.78 is 0. The van der Waals surface area contributed by atoms with Gasteiger partial charge in [-0.1, -0.05) is 54.1 Å². The van der Waals surface area contributed by atoms with E-state index in [1.54, 1.807) is 0 Å². The zero-order valence-corrected chi connectivity index (χ0v) is 14.9. The molecule has 2 aromatic carbocycles. The average Bonchev–Trinajstić information content (AvgIpc) is 2.61. The Bertz CT molecular complexity index is 729. The molecule has 0 unspecified atom stereocenters. The average molecular weight is 339 g/mol. The van der Waals surface area contributed by atoms with Crippen LogP contribution in [0, 0.1) is 13.8 Å². The van der Waals surface area contributed by atoms with Crippen LogP contribution in [0.4, 0.5) is 4.79 Å². The predicted molar refractivity (Wildman–Crippen MR) is 99.2 cm³/mol. The summed E-state index contributed by atoms with van der Waals surface area (Å²) in [4.78, 5) is 23.8. The molecular weight excluding hydrogens is 314 g/mol. The highest BCUT2D eigenvalue weighted by Crippen LogP contribution is 2.18. The Hall–Kier alpha value is -2.82. The molecule has 0 spiro atoms. The Labute approximate surface area is 148 Å². The van der Waals surface area contributed by atoms with Crippen LogP contribution in [-0.4, -0.2) is 18.5 Å². The maximum absolute atomic E-state index is 12.0. The van der Waals surface area contributed by atoms with E-state index in [-0.39, 0.29) is 24.5 Å². The minimum absolute atomic E-state index is 0.0597. The molecule has 0 saturated carbocycles. The zero-order valence-electron chi connectivity index (χ0n) is 14.9. The van der Waals surface area contributed by atoms with Crippen molar-refractivity contribution in [3.8, 4) is 0 Å². The van der Waals surface area contributed by atoms with E-state index in [2.05, 4.69) is 22.0 Å². The lowest BCUT2D eigenvalue weighted by atomic mass is 10.00. The summed E-state index contributed by atoms with van der Waals surface area (Å²) in [5.41, 5.74) is 4.37. The van der Waals surface area contributed by atoms with Gasteiger partial charge in [0.25, 0.3) is 0 Å². The molecule has 1 atom stereocenters.